The number of hydrogen-bond donors (Lipinski definition) is 4. The number of benzene rings is 1. The molecule has 143 valence electrons. The third-order valence-electron chi connectivity index (χ3n) is 5.19. The maximum absolute atomic E-state index is 3.59. The number of H-pyrrole nitrogens is 4. The first kappa shape index (κ1) is 17.7. The summed E-state index contributed by atoms with van der Waals surface area (Å²) in [6, 6.07) is 21.1. The first-order valence-electron chi connectivity index (χ1n) is 9.37. The molecule has 1 aliphatic heterocycles. The van der Waals surface area contributed by atoms with E-state index in [1.54, 1.807) is 0 Å². The predicted octanol–water partition coefficient (Wildman–Crippen LogP) is 1.78. The minimum atomic E-state index is 0. The molecule has 29 heavy (non-hydrogen) atoms. The van der Waals surface area contributed by atoms with Crippen molar-refractivity contribution in [2.45, 2.75) is 0 Å². The van der Waals surface area contributed by atoms with E-state index >= 15 is 0 Å². The third-order valence-corrected chi connectivity index (χ3v) is 5.19. The average Bonchev–Trinajstić information content (AvgIpc) is 3.47. The maximum Gasteiger partial charge on any atom is 0.0485 e. The molecular weight excluding hydrogens is 403 g/mol. The van der Waals surface area contributed by atoms with Crippen molar-refractivity contribution in [3.05, 3.63) is 105 Å². The van der Waals surface area contributed by atoms with E-state index in [0.29, 0.717) is 0 Å². The van der Waals surface area contributed by atoms with Gasteiger partial charge in [-0.25, -0.2) is 0 Å². The van der Waals surface area contributed by atoms with E-state index in [-0.39, 0.29) is 16.8 Å². The summed E-state index contributed by atoms with van der Waals surface area (Å²) in [5.41, 5.74) is 4.27. The summed E-state index contributed by atoms with van der Waals surface area (Å²) in [4.78, 5) is 14.0. The van der Waals surface area contributed by atoms with E-state index in [4.69, 9.17) is 0 Å². The summed E-state index contributed by atoms with van der Waals surface area (Å²) in [5, 5.41) is 6.76. The molecule has 0 atom stereocenters. The Morgan fingerprint density at radius 1 is 0.414 bits per heavy atom. The van der Waals surface area contributed by atoms with Crippen molar-refractivity contribution in [1.82, 2.24) is 19.9 Å². The molecule has 4 N–H and O–H groups in total. The largest absolute Gasteiger partial charge is 0.355 e. The Kier molecular flexibility index (Phi) is 4.19. The molecule has 0 unspecified atom stereocenters. The van der Waals surface area contributed by atoms with E-state index in [2.05, 4.69) is 105 Å². The van der Waals surface area contributed by atoms with Gasteiger partial charge in [0.1, 0.15) is 0 Å². The van der Waals surface area contributed by atoms with Gasteiger partial charge in [0.2, 0.25) is 0 Å². The van der Waals surface area contributed by atoms with E-state index in [1.807, 2.05) is 0 Å². The number of aromatic nitrogens is 4. The molecule has 5 heterocycles. The zero-order valence-electron chi connectivity index (χ0n) is 15.4. The molecule has 5 aromatic rings. The molecule has 0 saturated carbocycles. The van der Waals surface area contributed by atoms with Gasteiger partial charge in [0.15, 0.2) is 0 Å². The van der Waals surface area contributed by atoms with Gasteiger partial charge in [-0.2, -0.15) is 0 Å². The van der Waals surface area contributed by atoms with Crippen LogP contribution in [0.5, 0.6) is 0 Å². The van der Waals surface area contributed by atoms with Crippen LogP contribution in [0, 0.1) is 0 Å². The fourth-order valence-electron chi connectivity index (χ4n) is 3.90. The zero-order chi connectivity index (χ0) is 18.5. The Morgan fingerprint density at radius 2 is 0.862 bits per heavy atom. The van der Waals surface area contributed by atoms with Crippen LogP contribution in [0.3, 0.4) is 0 Å². The van der Waals surface area contributed by atoms with Gasteiger partial charge in [-0.05, 0) is 60.7 Å². The second-order valence-corrected chi connectivity index (χ2v) is 7.18. The van der Waals surface area contributed by atoms with E-state index in [0.717, 1.165) is 44.2 Å². The minimum absolute atomic E-state index is 0. The number of aromatic amines is 4. The van der Waals surface area contributed by atoms with Crippen molar-refractivity contribution in [3.63, 3.8) is 0 Å². The van der Waals surface area contributed by atoms with Gasteiger partial charge in [-0.1, -0.05) is 24.3 Å². The monoisotopic (exact) mass is 421 g/mol. The molecule has 8 bridgehead atoms. The van der Waals surface area contributed by atoms with Gasteiger partial charge in [0.25, 0.3) is 0 Å². The molecule has 4 aromatic heterocycles. The molecule has 0 fully saturated rings. The average molecular weight is 421 g/mol. The fourth-order valence-corrected chi connectivity index (χ4v) is 3.90. The first-order chi connectivity index (χ1) is 13.8. The zero-order valence-corrected chi connectivity index (χ0v) is 16.5. The van der Waals surface area contributed by atoms with Crippen LogP contribution < -0.4 is 21.4 Å². The first-order valence-corrected chi connectivity index (χ1v) is 9.37. The predicted molar refractivity (Wildman–Crippen MR) is 113 cm³/mol. The van der Waals surface area contributed by atoms with Crippen LogP contribution in [-0.4, -0.2) is 19.9 Å². The SMILES string of the molecule is C1=c2ccc([nH]2)=Cc2ccc([nH]2)C=c2[nH]c(c3ccccc23)=Cc2ccc1[nH]2.[Co]. The van der Waals surface area contributed by atoms with Crippen molar-refractivity contribution < 1.29 is 16.8 Å². The Labute approximate surface area is 176 Å². The third kappa shape index (κ3) is 3.20. The summed E-state index contributed by atoms with van der Waals surface area (Å²) in [7, 11) is 0. The summed E-state index contributed by atoms with van der Waals surface area (Å²) in [6.45, 7) is 0. The summed E-state index contributed by atoms with van der Waals surface area (Å²) >= 11 is 0. The van der Waals surface area contributed by atoms with Crippen LogP contribution in [0.25, 0.3) is 35.1 Å². The molecule has 0 spiro atoms. The standard InChI is InChI=1S/C24H18N4.Co/c1-2-4-22-21(3-1)23-13-19-9-7-17(26-19)11-15-5-6-16(25-15)12-18-8-10-20(27-18)14-24(22)28-23;/h1-14,25-28H;. The number of nitrogens with one attached hydrogen (secondary N) is 4. The smallest absolute Gasteiger partial charge is 0.0485 e. The maximum atomic E-state index is 3.59. The van der Waals surface area contributed by atoms with E-state index in [1.165, 1.54) is 10.8 Å². The molecule has 5 heteroatoms. The van der Waals surface area contributed by atoms with Crippen molar-refractivity contribution in [1.29, 1.82) is 0 Å². The topological polar surface area (TPSA) is 63.2 Å². The van der Waals surface area contributed by atoms with Crippen LogP contribution in [0.4, 0.5) is 0 Å². The van der Waals surface area contributed by atoms with Crippen LogP contribution in [0.1, 0.15) is 22.8 Å². The van der Waals surface area contributed by atoms with E-state index < -0.39 is 0 Å². The summed E-state index contributed by atoms with van der Waals surface area (Å²) < 4.78 is 0. The van der Waals surface area contributed by atoms with Crippen molar-refractivity contribution >= 4 is 35.1 Å². The van der Waals surface area contributed by atoms with Crippen molar-refractivity contribution in [2.24, 2.45) is 0 Å². The summed E-state index contributed by atoms with van der Waals surface area (Å²) in [5.74, 6) is 0. The second kappa shape index (κ2) is 6.88. The van der Waals surface area contributed by atoms with Crippen molar-refractivity contribution in [2.75, 3.05) is 0 Å². The molecule has 0 amide bonds. The Hall–Kier alpha value is -3.41. The van der Waals surface area contributed by atoms with Gasteiger partial charge in [0, 0.05) is 71.7 Å². The van der Waals surface area contributed by atoms with Crippen LogP contribution in [0.15, 0.2) is 60.7 Å². The molecule has 0 aliphatic carbocycles. The molecule has 6 rings (SSSR count). The number of hydrogen-bond acceptors (Lipinski definition) is 0. The van der Waals surface area contributed by atoms with Gasteiger partial charge in [-0.15, -0.1) is 0 Å². The van der Waals surface area contributed by atoms with Gasteiger partial charge >= 0.3 is 0 Å². The quantitative estimate of drug-likeness (QED) is 0.289. The molecular formula is C24H18CoN4. The fraction of sp³-hybridized carbons (Fsp3) is 0. The molecule has 0 saturated heterocycles. The Bertz CT molecular complexity index is 1460. The minimum Gasteiger partial charge on any atom is -0.355 e. The Morgan fingerprint density at radius 3 is 1.34 bits per heavy atom. The van der Waals surface area contributed by atoms with Gasteiger partial charge in [-0.3, -0.25) is 0 Å². The van der Waals surface area contributed by atoms with E-state index in [9.17, 15) is 0 Å². The van der Waals surface area contributed by atoms with Crippen LogP contribution in [-0.2, 0) is 16.8 Å². The molecule has 1 aromatic carbocycles. The number of rotatable bonds is 0. The molecule has 1 radical (unpaired) electrons. The molecule has 4 nitrogen and oxygen atoms in total. The number of fused-ring (bicyclic) bond motifs is 11. The van der Waals surface area contributed by atoms with Gasteiger partial charge in [0.05, 0.1) is 0 Å². The normalized spacial score (nSPS) is 12.3. The van der Waals surface area contributed by atoms with Crippen LogP contribution in [0.2, 0.25) is 0 Å². The van der Waals surface area contributed by atoms with Crippen molar-refractivity contribution in [3.8, 4) is 0 Å². The molecule has 1 aliphatic rings. The van der Waals surface area contributed by atoms with Gasteiger partial charge < -0.3 is 19.9 Å². The Balaban J connectivity index is 0.00000181. The summed E-state index contributed by atoms with van der Waals surface area (Å²) in [6.07, 6.45) is 8.56. The van der Waals surface area contributed by atoms with Crippen LogP contribution >= 0.6 is 0 Å². The second-order valence-electron chi connectivity index (χ2n) is 7.18.